The number of halogens is 1. The quantitative estimate of drug-likeness (QED) is 0.658. The first-order valence-corrected chi connectivity index (χ1v) is 7.19. The molecule has 1 aromatic carbocycles. The number of rotatable bonds is 4. The third-order valence-corrected chi connectivity index (χ3v) is 4.18. The summed E-state index contributed by atoms with van der Waals surface area (Å²) < 4.78 is 13.9. The first-order valence-electron chi connectivity index (χ1n) is 7.19. The highest BCUT2D eigenvalue weighted by molar-refractivity contribution is 5.50. The number of hydrogen-bond acceptors (Lipinski definition) is 3. The number of nitrogens with one attached hydrogen (secondary N) is 1. The predicted molar refractivity (Wildman–Crippen MR) is 77.3 cm³/mol. The van der Waals surface area contributed by atoms with Crippen molar-refractivity contribution in [1.29, 1.82) is 0 Å². The van der Waals surface area contributed by atoms with Crippen LogP contribution in [0.15, 0.2) is 18.2 Å². The van der Waals surface area contributed by atoms with E-state index in [1.165, 1.54) is 18.6 Å². The Kier molecular flexibility index (Phi) is 4.57. The van der Waals surface area contributed by atoms with Crippen LogP contribution >= 0.6 is 0 Å². The number of nitro benzene ring substituents is 1. The molecule has 0 radical (unpaired) electrons. The molecule has 4 nitrogen and oxygen atoms in total. The molecule has 0 saturated heterocycles. The number of nitrogens with zero attached hydrogens (tertiary/aromatic N) is 1. The fraction of sp³-hybridized carbons (Fsp3) is 0.600. The second-order valence-corrected chi connectivity index (χ2v) is 5.86. The fourth-order valence-corrected chi connectivity index (χ4v) is 3.07. The SMILES string of the molecule is CC(C)C1CCCCC1Nc1ccc([N+](=O)[O-])cc1F. The van der Waals surface area contributed by atoms with Gasteiger partial charge in [-0.1, -0.05) is 26.7 Å². The molecule has 2 atom stereocenters. The summed E-state index contributed by atoms with van der Waals surface area (Å²) >= 11 is 0. The average molecular weight is 280 g/mol. The summed E-state index contributed by atoms with van der Waals surface area (Å²) in [5, 5.41) is 13.9. The minimum atomic E-state index is -0.579. The molecule has 1 aromatic rings. The number of anilines is 1. The topological polar surface area (TPSA) is 55.2 Å². The summed E-state index contributed by atoms with van der Waals surface area (Å²) in [4.78, 5) is 10.0. The summed E-state index contributed by atoms with van der Waals surface area (Å²) in [6.07, 6.45) is 4.56. The van der Waals surface area contributed by atoms with Crippen molar-refractivity contribution in [3.8, 4) is 0 Å². The van der Waals surface area contributed by atoms with E-state index in [2.05, 4.69) is 19.2 Å². The van der Waals surface area contributed by atoms with Gasteiger partial charge in [-0.15, -0.1) is 0 Å². The Morgan fingerprint density at radius 2 is 2.05 bits per heavy atom. The normalized spacial score (nSPS) is 22.8. The van der Waals surface area contributed by atoms with Crippen molar-refractivity contribution in [1.82, 2.24) is 0 Å². The van der Waals surface area contributed by atoms with Gasteiger partial charge in [0.05, 0.1) is 16.7 Å². The molecular formula is C15H21FN2O2. The van der Waals surface area contributed by atoms with Crippen molar-refractivity contribution in [3.63, 3.8) is 0 Å². The van der Waals surface area contributed by atoms with E-state index in [4.69, 9.17) is 0 Å². The van der Waals surface area contributed by atoms with Crippen LogP contribution in [0.2, 0.25) is 0 Å². The van der Waals surface area contributed by atoms with Gasteiger partial charge < -0.3 is 5.32 Å². The molecule has 1 fully saturated rings. The summed E-state index contributed by atoms with van der Waals surface area (Å²) in [6.45, 7) is 4.38. The van der Waals surface area contributed by atoms with Crippen LogP contribution in [0.25, 0.3) is 0 Å². The van der Waals surface area contributed by atoms with E-state index < -0.39 is 10.7 Å². The number of non-ortho nitro benzene ring substituents is 1. The number of benzene rings is 1. The second-order valence-electron chi connectivity index (χ2n) is 5.86. The fourth-order valence-electron chi connectivity index (χ4n) is 3.07. The zero-order valence-electron chi connectivity index (χ0n) is 11.9. The summed E-state index contributed by atoms with van der Waals surface area (Å²) in [5.41, 5.74) is 0.158. The molecule has 110 valence electrons. The maximum Gasteiger partial charge on any atom is 0.272 e. The molecule has 1 N–H and O–H groups in total. The van der Waals surface area contributed by atoms with Gasteiger partial charge in [0.25, 0.3) is 5.69 Å². The molecule has 0 aliphatic heterocycles. The van der Waals surface area contributed by atoms with Gasteiger partial charge in [-0.2, -0.15) is 0 Å². The van der Waals surface area contributed by atoms with E-state index >= 15 is 0 Å². The third-order valence-electron chi connectivity index (χ3n) is 4.18. The van der Waals surface area contributed by atoms with Gasteiger partial charge in [-0.25, -0.2) is 4.39 Å². The van der Waals surface area contributed by atoms with Gasteiger partial charge in [0.15, 0.2) is 5.82 Å². The lowest BCUT2D eigenvalue weighted by Crippen LogP contribution is -2.35. The van der Waals surface area contributed by atoms with E-state index in [-0.39, 0.29) is 11.7 Å². The predicted octanol–water partition coefficient (Wildman–Crippen LogP) is 4.36. The molecular weight excluding hydrogens is 259 g/mol. The van der Waals surface area contributed by atoms with E-state index in [0.29, 0.717) is 17.5 Å². The summed E-state index contributed by atoms with van der Waals surface area (Å²) in [7, 11) is 0. The van der Waals surface area contributed by atoms with Gasteiger partial charge in [-0.05, 0) is 30.7 Å². The largest absolute Gasteiger partial charge is 0.380 e. The maximum absolute atomic E-state index is 13.9. The van der Waals surface area contributed by atoms with Gasteiger partial charge in [-0.3, -0.25) is 10.1 Å². The first kappa shape index (κ1) is 14.8. The standard InChI is InChI=1S/C15H21FN2O2/c1-10(2)12-5-3-4-6-14(12)17-15-8-7-11(18(19)20)9-13(15)16/h7-10,12,14,17H,3-6H2,1-2H3. The molecule has 2 rings (SSSR count). The van der Waals surface area contributed by atoms with E-state index in [0.717, 1.165) is 25.3 Å². The third kappa shape index (κ3) is 3.26. The van der Waals surface area contributed by atoms with Gasteiger partial charge in [0.2, 0.25) is 0 Å². The molecule has 0 spiro atoms. The molecule has 0 bridgehead atoms. The monoisotopic (exact) mass is 280 g/mol. The van der Waals surface area contributed by atoms with E-state index in [9.17, 15) is 14.5 Å². The minimum Gasteiger partial charge on any atom is -0.380 e. The molecule has 0 heterocycles. The van der Waals surface area contributed by atoms with E-state index in [1.807, 2.05) is 0 Å². The summed E-state index contributed by atoms with van der Waals surface area (Å²) in [6, 6.07) is 4.05. The van der Waals surface area contributed by atoms with Crippen LogP contribution in [-0.4, -0.2) is 11.0 Å². The molecule has 1 aliphatic rings. The van der Waals surface area contributed by atoms with Crippen molar-refractivity contribution in [2.45, 2.75) is 45.6 Å². The van der Waals surface area contributed by atoms with Crippen molar-refractivity contribution in [3.05, 3.63) is 34.1 Å². The van der Waals surface area contributed by atoms with Crippen LogP contribution in [0.5, 0.6) is 0 Å². The molecule has 1 saturated carbocycles. The van der Waals surface area contributed by atoms with Gasteiger partial charge in [0.1, 0.15) is 0 Å². The Morgan fingerprint density at radius 1 is 1.35 bits per heavy atom. The van der Waals surface area contributed by atoms with Gasteiger partial charge in [0, 0.05) is 12.1 Å². The second kappa shape index (κ2) is 6.20. The van der Waals surface area contributed by atoms with Crippen LogP contribution in [0.3, 0.4) is 0 Å². The minimum absolute atomic E-state index is 0.211. The molecule has 2 unspecified atom stereocenters. The van der Waals surface area contributed by atoms with Crippen LogP contribution < -0.4 is 5.32 Å². The number of hydrogen-bond donors (Lipinski definition) is 1. The van der Waals surface area contributed by atoms with Crippen LogP contribution in [0.4, 0.5) is 15.8 Å². The zero-order chi connectivity index (χ0) is 14.7. The van der Waals surface area contributed by atoms with Crippen LogP contribution in [0, 0.1) is 27.8 Å². The zero-order valence-corrected chi connectivity index (χ0v) is 11.9. The Balaban J connectivity index is 2.14. The highest BCUT2D eigenvalue weighted by Gasteiger charge is 2.28. The lowest BCUT2D eigenvalue weighted by molar-refractivity contribution is -0.385. The molecule has 20 heavy (non-hydrogen) atoms. The maximum atomic E-state index is 13.9. The Morgan fingerprint density at radius 3 is 2.65 bits per heavy atom. The average Bonchev–Trinajstić information content (AvgIpc) is 2.41. The Bertz CT molecular complexity index is 491. The molecule has 0 aromatic heterocycles. The van der Waals surface area contributed by atoms with Crippen molar-refractivity contribution in [2.75, 3.05) is 5.32 Å². The first-order chi connectivity index (χ1) is 9.49. The van der Waals surface area contributed by atoms with Crippen molar-refractivity contribution in [2.24, 2.45) is 11.8 Å². The van der Waals surface area contributed by atoms with Crippen molar-refractivity contribution >= 4 is 11.4 Å². The lowest BCUT2D eigenvalue weighted by Gasteiger charge is -2.35. The van der Waals surface area contributed by atoms with Gasteiger partial charge >= 0.3 is 0 Å². The lowest BCUT2D eigenvalue weighted by atomic mass is 9.78. The Labute approximate surface area is 118 Å². The van der Waals surface area contributed by atoms with Crippen molar-refractivity contribution < 1.29 is 9.31 Å². The molecule has 1 aliphatic carbocycles. The van der Waals surface area contributed by atoms with E-state index in [1.54, 1.807) is 0 Å². The molecule has 0 amide bonds. The Hall–Kier alpha value is -1.65. The highest BCUT2D eigenvalue weighted by Crippen LogP contribution is 2.33. The number of nitro groups is 1. The summed E-state index contributed by atoms with van der Waals surface area (Å²) in [5.74, 6) is 0.527. The molecule has 5 heteroatoms. The smallest absolute Gasteiger partial charge is 0.272 e. The highest BCUT2D eigenvalue weighted by atomic mass is 19.1. The van der Waals surface area contributed by atoms with Crippen LogP contribution in [0.1, 0.15) is 39.5 Å². The van der Waals surface area contributed by atoms with Crippen LogP contribution in [-0.2, 0) is 0 Å².